The van der Waals surface area contributed by atoms with Crippen LogP contribution in [0, 0.1) is 5.92 Å². The number of amides is 2. The molecule has 0 spiro atoms. The van der Waals surface area contributed by atoms with Crippen molar-refractivity contribution in [3.8, 4) is 5.75 Å². The molecule has 5 rings (SSSR count). The molecule has 0 saturated heterocycles. The Balaban J connectivity index is 1.58. The molecule has 7 heteroatoms. The number of fused-ring (bicyclic) bond motifs is 3. The number of aromatic nitrogens is 1. The van der Waals surface area contributed by atoms with Gasteiger partial charge in [-0.15, -0.1) is 11.3 Å². The molecule has 1 atom stereocenters. The predicted octanol–water partition coefficient (Wildman–Crippen LogP) is 5.39. The number of hydrogen-bond acceptors (Lipinski definition) is 4. The number of methoxy groups -OCH3 is 1. The van der Waals surface area contributed by atoms with Gasteiger partial charge >= 0.3 is 0 Å². The molecule has 1 aromatic carbocycles. The van der Waals surface area contributed by atoms with E-state index >= 15 is 0 Å². The number of nitrogens with zero attached hydrogens (tertiary/aromatic N) is 2. The second-order valence-corrected chi connectivity index (χ2v) is 11.1. The molecule has 3 aromatic rings. The molecule has 2 amide bonds. The molecule has 3 heterocycles. The number of carbonyl (C=O) groups excluding carboxylic acids is 2. The summed E-state index contributed by atoms with van der Waals surface area (Å²) in [5.74, 6) is 1.11. The highest BCUT2D eigenvalue weighted by Crippen LogP contribution is 2.39. The van der Waals surface area contributed by atoms with Crippen molar-refractivity contribution in [1.82, 2.24) is 9.88 Å². The van der Waals surface area contributed by atoms with Crippen molar-refractivity contribution in [2.45, 2.75) is 71.0 Å². The normalized spacial score (nSPS) is 24.8. The third-order valence-electron chi connectivity index (χ3n) is 7.52. The molecule has 0 radical (unpaired) electrons. The molecule has 180 valence electrons. The van der Waals surface area contributed by atoms with Crippen molar-refractivity contribution in [2.24, 2.45) is 5.92 Å². The van der Waals surface area contributed by atoms with Gasteiger partial charge in [0.2, 0.25) is 5.91 Å². The molecule has 1 saturated carbocycles. The summed E-state index contributed by atoms with van der Waals surface area (Å²) in [6, 6.07) is 11.7. The maximum absolute atomic E-state index is 14.0. The summed E-state index contributed by atoms with van der Waals surface area (Å²) >= 11 is 1.72. The predicted molar refractivity (Wildman–Crippen MR) is 137 cm³/mol. The molecule has 0 bridgehead atoms. The lowest BCUT2D eigenvalue weighted by atomic mass is 9.86. The Kier molecular flexibility index (Phi) is 5.92. The quantitative estimate of drug-likeness (QED) is 0.534. The largest absolute Gasteiger partial charge is 0.497 e. The number of hydrogen-bond donors (Lipinski definition) is 1. The van der Waals surface area contributed by atoms with Crippen LogP contribution in [0.1, 0.15) is 61.8 Å². The van der Waals surface area contributed by atoms with Crippen LogP contribution in [-0.4, -0.2) is 35.1 Å². The summed E-state index contributed by atoms with van der Waals surface area (Å²) in [4.78, 5) is 30.9. The fourth-order valence-corrected chi connectivity index (χ4v) is 6.44. The summed E-state index contributed by atoms with van der Waals surface area (Å²) in [6.45, 7) is 6.71. The van der Waals surface area contributed by atoms with Gasteiger partial charge in [-0.25, -0.2) is 0 Å². The number of anilines is 1. The lowest BCUT2D eigenvalue weighted by molar-refractivity contribution is -0.127. The van der Waals surface area contributed by atoms with E-state index in [-0.39, 0.29) is 17.9 Å². The van der Waals surface area contributed by atoms with Gasteiger partial charge in [-0.3, -0.25) is 14.5 Å². The van der Waals surface area contributed by atoms with Crippen LogP contribution < -0.4 is 15.0 Å². The Morgan fingerprint density at radius 2 is 1.97 bits per heavy atom. The van der Waals surface area contributed by atoms with Crippen LogP contribution in [0.3, 0.4) is 0 Å². The molecule has 1 unspecified atom stereocenters. The first kappa shape index (κ1) is 23.0. The van der Waals surface area contributed by atoms with Crippen LogP contribution in [0.25, 0.3) is 10.2 Å². The highest BCUT2D eigenvalue weighted by atomic mass is 32.1. The van der Waals surface area contributed by atoms with Crippen LogP contribution in [-0.2, 0) is 17.8 Å². The molecule has 2 aromatic heterocycles. The van der Waals surface area contributed by atoms with Gasteiger partial charge in [0.15, 0.2) is 0 Å². The number of ether oxygens (including phenoxy) is 1. The van der Waals surface area contributed by atoms with Gasteiger partial charge in [-0.2, -0.15) is 0 Å². The lowest BCUT2D eigenvalue weighted by Crippen LogP contribution is -2.65. The van der Waals surface area contributed by atoms with Gasteiger partial charge < -0.3 is 14.6 Å². The maximum atomic E-state index is 14.0. The second kappa shape index (κ2) is 8.77. The smallest absolute Gasteiger partial charge is 0.275 e. The second-order valence-electron chi connectivity index (χ2n) is 9.98. The van der Waals surface area contributed by atoms with Gasteiger partial charge in [-0.05, 0) is 69.2 Å². The number of benzene rings is 1. The first-order chi connectivity index (χ1) is 16.3. The van der Waals surface area contributed by atoms with E-state index in [4.69, 9.17) is 4.74 Å². The topological polar surface area (TPSA) is 63.6 Å². The van der Waals surface area contributed by atoms with Gasteiger partial charge in [-0.1, -0.05) is 19.9 Å². The number of aryl methyl sites for hydroxylation is 1. The van der Waals surface area contributed by atoms with Crippen molar-refractivity contribution in [3.05, 3.63) is 47.0 Å². The van der Waals surface area contributed by atoms with Gasteiger partial charge in [0, 0.05) is 22.7 Å². The number of rotatable bonds is 5. The van der Waals surface area contributed by atoms with E-state index in [1.54, 1.807) is 23.3 Å². The highest BCUT2D eigenvalue weighted by Gasteiger charge is 2.49. The van der Waals surface area contributed by atoms with Crippen LogP contribution in [0.4, 0.5) is 5.69 Å². The molecule has 1 aliphatic heterocycles. The molecular weight excluding hydrogens is 446 g/mol. The summed E-state index contributed by atoms with van der Waals surface area (Å²) < 4.78 is 8.57. The summed E-state index contributed by atoms with van der Waals surface area (Å²) in [6.07, 6.45) is 5.17. The number of nitrogens with one attached hydrogen (secondary N) is 1. The fraction of sp³-hybridized carbons (Fsp3) is 0.481. The molecule has 6 nitrogen and oxygen atoms in total. The zero-order valence-corrected chi connectivity index (χ0v) is 21.2. The maximum Gasteiger partial charge on any atom is 0.275 e. The molecule has 34 heavy (non-hydrogen) atoms. The first-order valence-corrected chi connectivity index (χ1v) is 13.1. The van der Waals surface area contributed by atoms with Crippen molar-refractivity contribution in [1.29, 1.82) is 0 Å². The van der Waals surface area contributed by atoms with Crippen LogP contribution in [0.2, 0.25) is 0 Å². The van der Waals surface area contributed by atoms with E-state index in [0.29, 0.717) is 29.6 Å². The Labute approximate surface area is 204 Å². The molecular formula is C27H33N3O3S. The van der Waals surface area contributed by atoms with E-state index in [0.717, 1.165) is 42.3 Å². The molecule has 1 fully saturated rings. The van der Waals surface area contributed by atoms with Crippen molar-refractivity contribution < 1.29 is 14.3 Å². The minimum absolute atomic E-state index is 0.0957. The number of carbonyl (C=O) groups is 2. The van der Waals surface area contributed by atoms with Gasteiger partial charge in [0.25, 0.3) is 5.91 Å². The van der Waals surface area contributed by atoms with Crippen molar-refractivity contribution in [2.75, 3.05) is 12.0 Å². The van der Waals surface area contributed by atoms with E-state index in [9.17, 15) is 9.59 Å². The number of thiophene rings is 1. The highest BCUT2D eigenvalue weighted by molar-refractivity contribution is 7.19. The lowest BCUT2D eigenvalue weighted by Gasteiger charge is -2.45. The minimum atomic E-state index is -1.07. The van der Waals surface area contributed by atoms with Gasteiger partial charge in [0.1, 0.15) is 17.0 Å². The van der Waals surface area contributed by atoms with E-state index in [2.05, 4.69) is 25.2 Å². The monoisotopic (exact) mass is 479 g/mol. The van der Waals surface area contributed by atoms with Crippen LogP contribution >= 0.6 is 11.3 Å². The van der Waals surface area contributed by atoms with Crippen molar-refractivity contribution >= 4 is 39.1 Å². The summed E-state index contributed by atoms with van der Waals surface area (Å²) in [5.41, 5.74) is 1.27. The van der Waals surface area contributed by atoms with Crippen molar-refractivity contribution in [3.63, 3.8) is 0 Å². The Bertz CT molecular complexity index is 1240. The van der Waals surface area contributed by atoms with Crippen LogP contribution in [0.15, 0.2) is 36.4 Å². The van der Waals surface area contributed by atoms with E-state index < -0.39 is 5.54 Å². The minimum Gasteiger partial charge on any atom is -0.497 e. The molecule has 1 N–H and O–H groups in total. The first-order valence-electron chi connectivity index (χ1n) is 12.3. The Morgan fingerprint density at radius 1 is 1.21 bits per heavy atom. The van der Waals surface area contributed by atoms with E-state index in [1.807, 2.05) is 41.8 Å². The van der Waals surface area contributed by atoms with Gasteiger partial charge in [0.05, 0.1) is 23.9 Å². The fourth-order valence-electron chi connectivity index (χ4n) is 5.40. The van der Waals surface area contributed by atoms with Crippen LogP contribution in [0.5, 0.6) is 5.75 Å². The average molecular weight is 480 g/mol. The summed E-state index contributed by atoms with van der Waals surface area (Å²) in [5, 5.41) is 3.31. The third-order valence-corrected chi connectivity index (χ3v) is 8.74. The Morgan fingerprint density at radius 3 is 2.68 bits per heavy atom. The standard InChI is InChI=1S/C27H33N3O3S/c1-5-21-14-22-24(34-21)15-23-25(31)30(19-7-6-8-20(13-19)33-4)27(3,16-29(22)23)26(32)28-18-11-9-17(2)10-12-18/h6-8,13-15,17-18H,5,9-12,16H2,1-4H3,(H,28,32). The summed E-state index contributed by atoms with van der Waals surface area (Å²) in [7, 11) is 1.61. The molecule has 2 aliphatic rings. The third kappa shape index (κ3) is 3.80. The zero-order valence-electron chi connectivity index (χ0n) is 20.4. The Hall–Kier alpha value is -2.80. The SMILES string of the molecule is CCc1cc2c(cc3n2CC(C)(C(=O)NC2CCC(C)CC2)N(c2cccc(OC)c2)C3=O)s1. The molecule has 1 aliphatic carbocycles. The van der Waals surface area contributed by atoms with E-state index in [1.165, 1.54) is 4.88 Å². The average Bonchev–Trinajstić information content (AvgIpc) is 3.39. The zero-order chi connectivity index (χ0) is 24.0.